The van der Waals surface area contributed by atoms with Gasteiger partial charge in [-0.05, 0) is 61.3 Å². The van der Waals surface area contributed by atoms with Gasteiger partial charge < -0.3 is 9.64 Å². The van der Waals surface area contributed by atoms with E-state index in [-0.39, 0.29) is 5.56 Å². The minimum Gasteiger partial charge on any atom is -0.493 e. The predicted octanol–water partition coefficient (Wildman–Crippen LogP) is 5.66. The largest absolute Gasteiger partial charge is 0.493 e. The molecule has 1 saturated carbocycles. The topological polar surface area (TPSA) is 41.6 Å². The maximum atomic E-state index is 14.6. The fraction of sp³-hybridized carbons (Fsp3) is 0.435. The van der Waals surface area contributed by atoms with E-state index in [1.807, 2.05) is 18.2 Å². The van der Waals surface area contributed by atoms with Crippen molar-refractivity contribution in [3.8, 4) is 5.75 Å². The Bertz CT molecular complexity index is 914. The van der Waals surface area contributed by atoms with Crippen LogP contribution in [0.3, 0.4) is 0 Å². The van der Waals surface area contributed by atoms with Crippen LogP contribution in [0.1, 0.15) is 47.5 Å². The minimum atomic E-state index is -0.533. The van der Waals surface area contributed by atoms with Gasteiger partial charge in [-0.3, -0.25) is 9.52 Å². The number of carbonyl (C=O) groups excluding carboxylic acids is 1. The van der Waals surface area contributed by atoms with Gasteiger partial charge in [0.2, 0.25) is 0 Å². The van der Waals surface area contributed by atoms with Crippen LogP contribution in [0.5, 0.6) is 5.75 Å². The number of amides is 1. The molecule has 2 aromatic carbocycles. The summed E-state index contributed by atoms with van der Waals surface area (Å²) in [6.07, 6.45) is 5.86. The zero-order chi connectivity index (χ0) is 21.1. The summed E-state index contributed by atoms with van der Waals surface area (Å²) in [5, 5.41) is 0.780. The molecule has 1 aliphatic carbocycles. The highest BCUT2D eigenvalue weighted by Crippen LogP contribution is 2.45. The molecular formula is C23H26ClFN2O2S. The van der Waals surface area contributed by atoms with Gasteiger partial charge in [0, 0.05) is 25.4 Å². The Morgan fingerprint density at radius 3 is 2.63 bits per heavy atom. The molecular weight excluding hydrogens is 423 g/mol. The third kappa shape index (κ3) is 4.86. The lowest BCUT2D eigenvalue weighted by molar-refractivity contribution is 0.0980. The van der Waals surface area contributed by atoms with E-state index >= 15 is 0 Å². The molecule has 160 valence electrons. The van der Waals surface area contributed by atoms with E-state index in [0.717, 1.165) is 55.0 Å². The summed E-state index contributed by atoms with van der Waals surface area (Å²) in [6, 6.07) is 11.0. The van der Waals surface area contributed by atoms with Gasteiger partial charge in [0.25, 0.3) is 5.91 Å². The van der Waals surface area contributed by atoms with Crippen LogP contribution in [0.15, 0.2) is 36.4 Å². The number of anilines is 1. The van der Waals surface area contributed by atoms with Crippen molar-refractivity contribution in [1.82, 2.24) is 4.72 Å². The molecule has 1 amide bonds. The van der Waals surface area contributed by atoms with Crippen molar-refractivity contribution in [3.05, 3.63) is 58.4 Å². The van der Waals surface area contributed by atoms with Gasteiger partial charge in [-0.25, -0.2) is 4.39 Å². The molecule has 2 fully saturated rings. The summed E-state index contributed by atoms with van der Waals surface area (Å²) in [5.74, 6) is 0.431. The van der Waals surface area contributed by atoms with E-state index in [1.54, 1.807) is 12.3 Å². The fourth-order valence-electron chi connectivity index (χ4n) is 3.99. The van der Waals surface area contributed by atoms with Crippen molar-refractivity contribution >= 4 is 35.1 Å². The number of carbonyl (C=O) groups is 1. The molecule has 0 spiro atoms. The van der Waals surface area contributed by atoms with Crippen molar-refractivity contribution in [2.75, 3.05) is 30.9 Å². The Morgan fingerprint density at radius 1 is 1.23 bits per heavy atom. The van der Waals surface area contributed by atoms with Gasteiger partial charge in [0.05, 0.1) is 22.9 Å². The van der Waals surface area contributed by atoms with Crippen LogP contribution in [0.4, 0.5) is 10.1 Å². The van der Waals surface area contributed by atoms with Gasteiger partial charge in [0.15, 0.2) is 0 Å². The third-order valence-electron chi connectivity index (χ3n) is 5.84. The van der Waals surface area contributed by atoms with E-state index < -0.39 is 11.7 Å². The molecule has 2 aliphatic rings. The van der Waals surface area contributed by atoms with Crippen molar-refractivity contribution in [2.24, 2.45) is 5.92 Å². The molecule has 30 heavy (non-hydrogen) atoms. The highest BCUT2D eigenvalue weighted by molar-refractivity contribution is 7.97. The molecule has 0 bridgehead atoms. The monoisotopic (exact) mass is 448 g/mol. The van der Waals surface area contributed by atoms with Crippen LogP contribution in [0, 0.1) is 11.7 Å². The van der Waals surface area contributed by atoms with E-state index in [1.165, 1.54) is 18.0 Å². The predicted molar refractivity (Wildman–Crippen MR) is 121 cm³/mol. The van der Waals surface area contributed by atoms with Crippen LogP contribution in [0.25, 0.3) is 0 Å². The molecule has 0 radical (unpaired) electrons. The average Bonchev–Trinajstić information content (AvgIpc) is 3.58. The Labute approximate surface area is 186 Å². The molecule has 1 aliphatic heterocycles. The number of rotatable bonds is 7. The lowest BCUT2D eigenvalue weighted by atomic mass is 9.97. The summed E-state index contributed by atoms with van der Waals surface area (Å²) in [5.41, 5.74) is 2.12. The number of ether oxygens (including phenoxy) is 1. The zero-order valence-corrected chi connectivity index (χ0v) is 18.6. The molecule has 0 aromatic heterocycles. The first kappa shape index (κ1) is 21.3. The smallest absolute Gasteiger partial charge is 0.264 e. The number of nitrogens with zero attached hydrogens (tertiary/aromatic N) is 1. The van der Waals surface area contributed by atoms with Crippen LogP contribution in [-0.4, -0.2) is 31.9 Å². The summed E-state index contributed by atoms with van der Waals surface area (Å²) in [6.45, 7) is 2.41. The lowest BCUT2D eigenvalue weighted by Gasteiger charge is -2.34. The quantitative estimate of drug-likeness (QED) is 0.555. The maximum Gasteiger partial charge on any atom is 0.264 e. The molecule has 1 heterocycles. The minimum absolute atomic E-state index is 0.0895. The number of hydrogen-bond acceptors (Lipinski definition) is 4. The second-order valence-electron chi connectivity index (χ2n) is 7.97. The Morgan fingerprint density at radius 2 is 1.97 bits per heavy atom. The zero-order valence-electron chi connectivity index (χ0n) is 17.0. The normalized spacial score (nSPS) is 17.1. The third-order valence-corrected chi connectivity index (χ3v) is 6.55. The molecule has 7 heteroatoms. The molecule has 1 N–H and O–H groups in total. The molecule has 4 nitrogen and oxygen atoms in total. The number of nitrogens with one attached hydrogen (secondary N) is 1. The van der Waals surface area contributed by atoms with E-state index in [2.05, 4.69) is 15.7 Å². The first-order valence-corrected chi connectivity index (χ1v) is 12.0. The van der Waals surface area contributed by atoms with E-state index in [0.29, 0.717) is 24.2 Å². The summed E-state index contributed by atoms with van der Waals surface area (Å²) in [7, 11) is 0. The van der Waals surface area contributed by atoms with Gasteiger partial charge >= 0.3 is 0 Å². The van der Waals surface area contributed by atoms with Gasteiger partial charge in [-0.15, -0.1) is 0 Å². The number of para-hydroxylation sites is 1. The van der Waals surface area contributed by atoms with Crippen LogP contribution in [-0.2, 0) is 0 Å². The van der Waals surface area contributed by atoms with Gasteiger partial charge in [-0.1, -0.05) is 35.7 Å². The Kier molecular flexibility index (Phi) is 6.74. The molecule has 4 rings (SSSR count). The molecule has 2 aromatic rings. The first-order valence-electron chi connectivity index (χ1n) is 10.4. The molecule has 1 saturated heterocycles. The van der Waals surface area contributed by atoms with Gasteiger partial charge in [-0.2, -0.15) is 0 Å². The molecule has 0 atom stereocenters. The van der Waals surface area contributed by atoms with Crippen LogP contribution >= 0.6 is 23.5 Å². The van der Waals surface area contributed by atoms with Crippen molar-refractivity contribution in [1.29, 1.82) is 0 Å². The summed E-state index contributed by atoms with van der Waals surface area (Å²) < 4.78 is 23.3. The second kappa shape index (κ2) is 9.48. The average molecular weight is 449 g/mol. The maximum absolute atomic E-state index is 14.6. The highest BCUT2D eigenvalue weighted by Gasteiger charge is 2.30. The number of hydrogen-bond donors (Lipinski definition) is 1. The Balaban J connectivity index is 1.39. The Hall–Kier alpha value is -1.92. The van der Waals surface area contributed by atoms with Crippen LogP contribution in [0.2, 0.25) is 5.02 Å². The molecule has 0 unspecified atom stereocenters. The van der Waals surface area contributed by atoms with Crippen molar-refractivity contribution < 1.29 is 13.9 Å². The van der Waals surface area contributed by atoms with Gasteiger partial charge in [0.1, 0.15) is 11.6 Å². The summed E-state index contributed by atoms with van der Waals surface area (Å²) >= 11 is 7.49. The number of piperidine rings is 1. The number of benzene rings is 2. The van der Waals surface area contributed by atoms with Crippen LogP contribution < -0.4 is 14.4 Å². The summed E-state index contributed by atoms with van der Waals surface area (Å²) in [4.78, 5) is 14.4. The van der Waals surface area contributed by atoms with E-state index in [9.17, 15) is 9.18 Å². The standard InChI is InChI=1S/C23H26ClFN2O2S/c1-30-26-23(28)18-12-17(16-6-7-16)22(13-20(18)25)29-14-15-8-10-27(11-9-15)21-5-3-2-4-19(21)24/h2-5,12-13,15-16H,6-11,14H2,1H3,(H,26,28). The first-order chi connectivity index (χ1) is 14.6. The van der Waals surface area contributed by atoms with Crippen molar-refractivity contribution in [3.63, 3.8) is 0 Å². The highest BCUT2D eigenvalue weighted by atomic mass is 35.5. The second-order valence-corrected chi connectivity index (χ2v) is 8.99. The van der Waals surface area contributed by atoms with Crippen molar-refractivity contribution in [2.45, 2.75) is 31.6 Å². The fourth-order valence-corrected chi connectivity index (χ4v) is 4.54. The SMILES string of the molecule is CSNC(=O)c1cc(C2CC2)c(OCC2CCN(c3ccccc3Cl)CC2)cc1F. The lowest BCUT2D eigenvalue weighted by Crippen LogP contribution is -2.35. The number of halogens is 2. The van der Waals surface area contributed by atoms with E-state index in [4.69, 9.17) is 16.3 Å².